The molecule has 0 aromatic carbocycles. The minimum Gasteiger partial charge on any atom is -0.323 e. The zero-order valence-electron chi connectivity index (χ0n) is 10.2. The van der Waals surface area contributed by atoms with E-state index in [-0.39, 0.29) is 6.04 Å². The lowest BCUT2D eigenvalue weighted by molar-refractivity contribution is 0.662. The molecule has 3 aromatic rings. The summed E-state index contributed by atoms with van der Waals surface area (Å²) >= 11 is 3.60. The van der Waals surface area contributed by atoms with Gasteiger partial charge in [0.1, 0.15) is 0 Å². The van der Waals surface area contributed by atoms with Crippen LogP contribution in [0.15, 0.2) is 29.9 Å². The lowest BCUT2D eigenvalue weighted by Gasteiger charge is -2.07. The summed E-state index contributed by atoms with van der Waals surface area (Å²) in [5.41, 5.74) is 7.52. The van der Waals surface area contributed by atoms with Crippen LogP contribution in [0.2, 0.25) is 0 Å². The van der Waals surface area contributed by atoms with Crippen LogP contribution in [-0.2, 0) is 13.5 Å². The molecule has 2 N–H and O–H groups in total. The average molecular weight is 277 g/mol. The Bertz CT molecular complexity index is 621. The van der Waals surface area contributed by atoms with Crippen molar-refractivity contribution in [3.05, 3.63) is 40.3 Å². The van der Waals surface area contributed by atoms with Crippen LogP contribution in [0.4, 0.5) is 0 Å². The van der Waals surface area contributed by atoms with Crippen LogP contribution in [0.3, 0.4) is 0 Å². The van der Waals surface area contributed by atoms with Gasteiger partial charge in [0.05, 0.1) is 6.20 Å². The molecule has 5 heteroatoms. The molecule has 0 spiro atoms. The molecule has 0 aliphatic rings. The fourth-order valence-corrected chi connectivity index (χ4v) is 4.19. The van der Waals surface area contributed by atoms with Gasteiger partial charge in [-0.2, -0.15) is 5.10 Å². The van der Waals surface area contributed by atoms with Gasteiger partial charge in [0, 0.05) is 33.6 Å². The summed E-state index contributed by atoms with van der Waals surface area (Å²) in [6.45, 7) is 0. The van der Waals surface area contributed by atoms with Gasteiger partial charge in [-0.05, 0) is 35.9 Å². The third-order valence-corrected chi connectivity index (χ3v) is 5.25. The maximum Gasteiger partial charge on any atom is 0.0521 e. The standard InChI is InChI=1S/C13H15N3S2/c1-16-8-9(7-15-16)2-3-10(14)12-6-13-11(18-12)4-5-17-13/h4-8,10H,2-3,14H2,1H3. The molecule has 0 bridgehead atoms. The Morgan fingerprint density at radius 1 is 1.44 bits per heavy atom. The number of fused-ring (bicyclic) bond motifs is 1. The molecule has 0 fully saturated rings. The highest BCUT2D eigenvalue weighted by atomic mass is 32.1. The summed E-state index contributed by atoms with van der Waals surface area (Å²) in [4.78, 5) is 1.29. The molecule has 0 saturated heterocycles. The van der Waals surface area contributed by atoms with Crippen molar-refractivity contribution < 1.29 is 0 Å². The van der Waals surface area contributed by atoms with Crippen molar-refractivity contribution in [1.29, 1.82) is 0 Å². The quantitative estimate of drug-likeness (QED) is 0.795. The molecule has 0 radical (unpaired) electrons. The summed E-state index contributed by atoms with van der Waals surface area (Å²) in [5, 5.41) is 6.30. The Labute approximate surface area is 114 Å². The first-order chi connectivity index (χ1) is 8.72. The van der Waals surface area contributed by atoms with Gasteiger partial charge < -0.3 is 5.73 Å². The molecule has 1 unspecified atom stereocenters. The van der Waals surface area contributed by atoms with Crippen molar-refractivity contribution in [2.24, 2.45) is 12.8 Å². The van der Waals surface area contributed by atoms with E-state index in [1.165, 1.54) is 19.8 Å². The average Bonchev–Trinajstić information content (AvgIpc) is 3.00. The Balaban J connectivity index is 1.67. The van der Waals surface area contributed by atoms with Crippen molar-refractivity contribution in [3.63, 3.8) is 0 Å². The monoisotopic (exact) mass is 277 g/mol. The Morgan fingerprint density at radius 2 is 2.33 bits per heavy atom. The fraction of sp³-hybridized carbons (Fsp3) is 0.308. The molecule has 0 aliphatic carbocycles. The molecule has 3 nitrogen and oxygen atoms in total. The molecule has 18 heavy (non-hydrogen) atoms. The maximum absolute atomic E-state index is 6.26. The minimum atomic E-state index is 0.134. The van der Waals surface area contributed by atoms with E-state index in [0.717, 1.165) is 12.8 Å². The van der Waals surface area contributed by atoms with Gasteiger partial charge in [0.15, 0.2) is 0 Å². The Kier molecular flexibility index (Phi) is 3.20. The summed E-state index contributed by atoms with van der Waals surface area (Å²) in [6, 6.07) is 4.54. The van der Waals surface area contributed by atoms with Crippen LogP contribution in [0, 0.1) is 0 Å². The maximum atomic E-state index is 6.26. The smallest absolute Gasteiger partial charge is 0.0521 e. The molecule has 0 saturated carbocycles. The van der Waals surface area contributed by atoms with Crippen molar-refractivity contribution in [2.45, 2.75) is 18.9 Å². The number of aryl methyl sites for hydroxylation is 2. The molecule has 3 aromatic heterocycles. The van der Waals surface area contributed by atoms with E-state index in [9.17, 15) is 0 Å². The zero-order chi connectivity index (χ0) is 12.5. The van der Waals surface area contributed by atoms with E-state index in [4.69, 9.17) is 5.73 Å². The van der Waals surface area contributed by atoms with E-state index < -0.39 is 0 Å². The molecule has 0 aliphatic heterocycles. The summed E-state index contributed by atoms with van der Waals surface area (Å²) in [7, 11) is 1.94. The van der Waals surface area contributed by atoms with Crippen LogP contribution in [0.5, 0.6) is 0 Å². The molecule has 94 valence electrons. The molecule has 0 amide bonds. The molecular formula is C13H15N3S2. The highest BCUT2D eigenvalue weighted by molar-refractivity contribution is 7.26. The predicted octanol–water partition coefficient (Wildman–Crippen LogP) is 3.33. The van der Waals surface area contributed by atoms with Gasteiger partial charge in [-0.3, -0.25) is 4.68 Å². The predicted molar refractivity (Wildman–Crippen MR) is 78.2 cm³/mol. The fourth-order valence-electron chi connectivity index (χ4n) is 2.03. The SMILES string of the molecule is Cn1cc(CCC(N)c2cc3sccc3s2)cn1. The van der Waals surface area contributed by atoms with E-state index in [1.807, 2.05) is 29.3 Å². The first-order valence-electron chi connectivity index (χ1n) is 5.92. The number of hydrogen-bond donors (Lipinski definition) is 1. The topological polar surface area (TPSA) is 43.8 Å². The Hall–Kier alpha value is -1.17. The molecule has 3 heterocycles. The van der Waals surface area contributed by atoms with Gasteiger partial charge >= 0.3 is 0 Å². The molecule has 3 rings (SSSR count). The van der Waals surface area contributed by atoms with Crippen molar-refractivity contribution in [3.8, 4) is 0 Å². The number of rotatable bonds is 4. The highest BCUT2D eigenvalue weighted by Crippen LogP contribution is 2.33. The van der Waals surface area contributed by atoms with E-state index in [0.29, 0.717) is 0 Å². The second-order valence-corrected chi connectivity index (χ2v) is 6.53. The van der Waals surface area contributed by atoms with Crippen LogP contribution in [-0.4, -0.2) is 9.78 Å². The van der Waals surface area contributed by atoms with E-state index in [1.54, 1.807) is 11.3 Å². The first-order valence-corrected chi connectivity index (χ1v) is 7.62. The molecular weight excluding hydrogens is 262 g/mol. The molecule has 1 atom stereocenters. The minimum absolute atomic E-state index is 0.134. The van der Waals surface area contributed by atoms with Crippen molar-refractivity contribution >= 4 is 32.1 Å². The van der Waals surface area contributed by atoms with E-state index >= 15 is 0 Å². The highest BCUT2D eigenvalue weighted by Gasteiger charge is 2.11. The van der Waals surface area contributed by atoms with Gasteiger partial charge in [0.2, 0.25) is 0 Å². The van der Waals surface area contributed by atoms with Crippen LogP contribution >= 0.6 is 22.7 Å². The van der Waals surface area contributed by atoms with Crippen LogP contribution in [0.25, 0.3) is 9.40 Å². The largest absolute Gasteiger partial charge is 0.323 e. The number of nitrogens with zero attached hydrogens (tertiary/aromatic N) is 2. The van der Waals surface area contributed by atoms with Gasteiger partial charge in [0.25, 0.3) is 0 Å². The van der Waals surface area contributed by atoms with Crippen LogP contribution in [0.1, 0.15) is 22.9 Å². The second kappa shape index (κ2) is 4.84. The zero-order valence-corrected chi connectivity index (χ0v) is 11.8. The second-order valence-electron chi connectivity index (χ2n) is 4.47. The van der Waals surface area contributed by atoms with Gasteiger partial charge in [-0.15, -0.1) is 22.7 Å². The summed E-state index contributed by atoms with van der Waals surface area (Å²) in [6.07, 6.45) is 5.93. The normalized spacial score (nSPS) is 13.2. The third kappa shape index (κ3) is 2.34. The van der Waals surface area contributed by atoms with Crippen molar-refractivity contribution in [2.75, 3.05) is 0 Å². The number of aromatic nitrogens is 2. The number of hydrogen-bond acceptors (Lipinski definition) is 4. The van der Waals surface area contributed by atoms with Crippen LogP contribution < -0.4 is 5.73 Å². The summed E-state index contributed by atoms with van der Waals surface area (Å²) in [5.74, 6) is 0. The Morgan fingerprint density at radius 3 is 3.06 bits per heavy atom. The van der Waals surface area contributed by atoms with Crippen molar-refractivity contribution in [1.82, 2.24) is 9.78 Å². The van der Waals surface area contributed by atoms with Gasteiger partial charge in [-0.25, -0.2) is 0 Å². The number of nitrogens with two attached hydrogens (primary N) is 1. The lowest BCUT2D eigenvalue weighted by Crippen LogP contribution is -2.09. The van der Waals surface area contributed by atoms with E-state index in [2.05, 4.69) is 28.8 Å². The first kappa shape index (κ1) is 11.9. The third-order valence-electron chi connectivity index (χ3n) is 3.03. The lowest BCUT2D eigenvalue weighted by atomic mass is 10.1. The van der Waals surface area contributed by atoms with Gasteiger partial charge in [-0.1, -0.05) is 0 Å². The number of thiophene rings is 2. The summed E-state index contributed by atoms with van der Waals surface area (Å²) < 4.78 is 4.54.